The maximum atomic E-state index is 10.4. The Labute approximate surface area is 89.4 Å². The van der Waals surface area contributed by atoms with Gasteiger partial charge < -0.3 is 10.2 Å². The molecule has 0 fully saturated rings. The molecule has 0 spiro atoms. The number of aliphatic hydroxyl groups is 1. The molecule has 0 bridgehead atoms. The van der Waals surface area contributed by atoms with Crippen LogP contribution in [0.1, 0.15) is 35.6 Å². The van der Waals surface area contributed by atoms with Crippen molar-refractivity contribution in [3.8, 4) is 0 Å². The first kappa shape index (κ1) is 11.7. The van der Waals surface area contributed by atoms with E-state index in [0.717, 1.165) is 16.7 Å². The molecule has 1 unspecified atom stereocenters. The predicted octanol–water partition coefficient (Wildman–Crippen LogP) is 2.20. The first-order chi connectivity index (χ1) is 7.00. The zero-order valence-corrected chi connectivity index (χ0v) is 9.03. The van der Waals surface area contributed by atoms with E-state index in [2.05, 4.69) is 0 Å². The van der Waals surface area contributed by atoms with Gasteiger partial charge in [-0.3, -0.25) is 4.79 Å². The van der Waals surface area contributed by atoms with Crippen LogP contribution in [0.2, 0.25) is 0 Å². The van der Waals surface area contributed by atoms with Crippen molar-refractivity contribution in [3.63, 3.8) is 0 Å². The fourth-order valence-corrected chi connectivity index (χ4v) is 1.53. The lowest BCUT2D eigenvalue weighted by molar-refractivity contribution is -0.137. The predicted molar refractivity (Wildman–Crippen MR) is 57.7 cm³/mol. The fourth-order valence-electron chi connectivity index (χ4n) is 1.53. The van der Waals surface area contributed by atoms with E-state index in [1.54, 1.807) is 0 Å². The van der Waals surface area contributed by atoms with E-state index in [9.17, 15) is 9.90 Å². The van der Waals surface area contributed by atoms with Gasteiger partial charge in [0.25, 0.3) is 0 Å². The number of hydrogen-bond donors (Lipinski definition) is 2. The number of benzene rings is 1. The lowest BCUT2D eigenvalue weighted by Crippen LogP contribution is -2.04. The van der Waals surface area contributed by atoms with Gasteiger partial charge >= 0.3 is 5.97 Å². The third-order valence-electron chi connectivity index (χ3n) is 2.43. The SMILES string of the molecule is Cc1ccc(C)c(C(O)CCC(=O)O)c1. The quantitative estimate of drug-likeness (QED) is 0.797. The summed E-state index contributed by atoms with van der Waals surface area (Å²) in [5.41, 5.74) is 2.90. The van der Waals surface area contributed by atoms with Gasteiger partial charge in [0, 0.05) is 6.42 Å². The van der Waals surface area contributed by atoms with E-state index in [0.29, 0.717) is 0 Å². The second-order valence-electron chi connectivity index (χ2n) is 3.81. The molecule has 0 aliphatic heterocycles. The molecule has 3 heteroatoms. The molecule has 1 rings (SSSR count). The number of aliphatic carboxylic acids is 1. The lowest BCUT2D eigenvalue weighted by atomic mass is 9.98. The van der Waals surface area contributed by atoms with Gasteiger partial charge in [-0.2, -0.15) is 0 Å². The van der Waals surface area contributed by atoms with Gasteiger partial charge in [0.15, 0.2) is 0 Å². The first-order valence-corrected chi connectivity index (χ1v) is 4.97. The Morgan fingerprint density at radius 3 is 2.67 bits per heavy atom. The highest BCUT2D eigenvalue weighted by atomic mass is 16.4. The normalized spacial score (nSPS) is 12.5. The van der Waals surface area contributed by atoms with Crippen molar-refractivity contribution in [1.29, 1.82) is 0 Å². The van der Waals surface area contributed by atoms with Gasteiger partial charge in [-0.15, -0.1) is 0 Å². The Bertz CT molecular complexity index is 358. The molecule has 3 nitrogen and oxygen atoms in total. The summed E-state index contributed by atoms with van der Waals surface area (Å²) in [5.74, 6) is -0.876. The average molecular weight is 208 g/mol. The van der Waals surface area contributed by atoms with E-state index in [1.807, 2.05) is 32.0 Å². The molecule has 0 aromatic heterocycles. The Morgan fingerprint density at radius 1 is 1.40 bits per heavy atom. The van der Waals surface area contributed by atoms with Crippen LogP contribution < -0.4 is 0 Å². The molecule has 0 aliphatic carbocycles. The average Bonchev–Trinajstić information content (AvgIpc) is 2.18. The molecule has 15 heavy (non-hydrogen) atoms. The second-order valence-corrected chi connectivity index (χ2v) is 3.81. The van der Waals surface area contributed by atoms with Crippen molar-refractivity contribution in [3.05, 3.63) is 34.9 Å². The molecule has 0 saturated heterocycles. The second kappa shape index (κ2) is 4.94. The lowest BCUT2D eigenvalue weighted by Gasteiger charge is -2.13. The van der Waals surface area contributed by atoms with E-state index in [4.69, 9.17) is 5.11 Å². The Morgan fingerprint density at radius 2 is 2.07 bits per heavy atom. The molecule has 0 heterocycles. The van der Waals surface area contributed by atoms with Crippen molar-refractivity contribution in [2.75, 3.05) is 0 Å². The van der Waals surface area contributed by atoms with Crippen LogP contribution in [-0.2, 0) is 4.79 Å². The summed E-state index contributed by atoms with van der Waals surface area (Å²) in [6.07, 6.45) is -0.422. The molecule has 2 N–H and O–H groups in total. The minimum absolute atomic E-state index is 0.00541. The monoisotopic (exact) mass is 208 g/mol. The van der Waals surface area contributed by atoms with Crippen molar-refractivity contribution in [2.24, 2.45) is 0 Å². The van der Waals surface area contributed by atoms with Crippen molar-refractivity contribution >= 4 is 5.97 Å². The summed E-state index contributed by atoms with van der Waals surface area (Å²) in [4.78, 5) is 10.4. The largest absolute Gasteiger partial charge is 0.481 e. The van der Waals surface area contributed by atoms with Crippen LogP contribution in [0.5, 0.6) is 0 Å². The fraction of sp³-hybridized carbons (Fsp3) is 0.417. The van der Waals surface area contributed by atoms with E-state index < -0.39 is 12.1 Å². The van der Waals surface area contributed by atoms with Crippen LogP contribution >= 0.6 is 0 Å². The summed E-state index contributed by atoms with van der Waals surface area (Å²) in [6.45, 7) is 3.87. The molecular weight excluding hydrogens is 192 g/mol. The Balaban J connectivity index is 2.76. The minimum Gasteiger partial charge on any atom is -0.481 e. The molecule has 1 aromatic carbocycles. The molecule has 1 aromatic rings. The third-order valence-corrected chi connectivity index (χ3v) is 2.43. The van der Waals surface area contributed by atoms with Gasteiger partial charge in [-0.25, -0.2) is 0 Å². The topological polar surface area (TPSA) is 57.5 Å². The van der Waals surface area contributed by atoms with Crippen LogP contribution in [0.3, 0.4) is 0 Å². The van der Waals surface area contributed by atoms with Crippen LogP contribution in [0, 0.1) is 13.8 Å². The van der Waals surface area contributed by atoms with Gasteiger partial charge in [-0.05, 0) is 31.4 Å². The summed E-state index contributed by atoms with van der Waals surface area (Å²) in [5, 5.41) is 18.3. The Kier molecular flexibility index (Phi) is 3.86. The van der Waals surface area contributed by atoms with Gasteiger partial charge in [0.1, 0.15) is 0 Å². The zero-order chi connectivity index (χ0) is 11.4. The zero-order valence-electron chi connectivity index (χ0n) is 9.03. The summed E-state index contributed by atoms with van der Waals surface area (Å²) in [7, 11) is 0. The molecule has 0 amide bonds. The number of aliphatic hydroxyl groups excluding tert-OH is 1. The van der Waals surface area contributed by atoms with E-state index in [-0.39, 0.29) is 12.8 Å². The van der Waals surface area contributed by atoms with Crippen molar-refractivity contribution in [1.82, 2.24) is 0 Å². The van der Waals surface area contributed by atoms with Crippen molar-refractivity contribution in [2.45, 2.75) is 32.8 Å². The van der Waals surface area contributed by atoms with Crippen LogP contribution in [0.15, 0.2) is 18.2 Å². The minimum atomic E-state index is -0.876. The highest BCUT2D eigenvalue weighted by molar-refractivity contribution is 5.66. The number of carboxylic acids is 1. The molecule has 0 saturated carbocycles. The number of aryl methyl sites for hydroxylation is 2. The third kappa shape index (κ3) is 3.36. The smallest absolute Gasteiger partial charge is 0.303 e. The van der Waals surface area contributed by atoms with Crippen LogP contribution in [0.4, 0.5) is 0 Å². The summed E-state index contributed by atoms with van der Waals surface area (Å²) < 4.78 is 0. The maximum Gasteiger partial charge on any atom is 0.303 e. The standard InChI is InChI=1S/C12H16O3/c1-8-3-4-9(2)10(7-8)11(13)5-6-12(14)15/h3-4,7,11,13H,5-6H2,1-2H3,(H,14,15). The van der Waals surface area contributed by atoms with Crippen LogP contribution in [-0.4, -0.2) is 16.2 Å². The van der Waals surface area contributed by atoms with E-state index in [1.165, 1.54) is 0 Å². The molecule has 0 aliphatic rings. The highest BCUT2D eigenvalue weighted by Gasteiger charge is 2.12. The Hall–Kier alpha value is -1.35. The number of carbonyl (C=O) groups is 1. The van der Waals surface area contributed by atoms with Gasteiger partial charge in [-0.1, -0.05) is 23.8 Å². The van der Waals surface area contributed by atoms with Crippen molar-refractivity contribution < 1.29 is 15.0 Å². The van der Waals surface area contributed by atoms with Crippen LogP contribution in [0.25, 0.3) is 0 Å². The molecule has 82 valence electrons. The summed E-state index contributed by atoms with van der Waals surface area (Å²) >= 11 is 0. The molecular formula is C12H16O3. The number of rotatable bonds is 4. The molecule has 0 radical (unpaired) electrons. The highest BCUT2D eigenvalue weighted by Crippen LogP contribution is 2.22. The molecule has 1 atom stereocenters. The van der Waals surface area contributed by atoms with Gasteiger partial charge in [0.2, 0.25) is 0 Å². The maximum absolute atomic E-state index is 10.4. The first-order valence-electron chi connectivity index (χ1n) is 4.97. The van der Waals surface area contributed by atoms with Gasteiger partial charge in [0.05, 0.1) is 6.10 Å². The summed E-state index contributed by atoms with van der Waals surface area (Å²) in [6, 6.07) is 5.82. The van der Waals surface area contributed by atoms with E-state index >= 15 is 0 Å². The number of carboxylic acid groups (broad SMARTS) is 1. The number of hydrogen-bond acceptors (Lipinski definition) is 2.